The third-order valence-corrected chi connectivity index (χ3v) is 7.24. The van der Waals surface area contributed by atoms with Crippen LogP contribution in [0.5, 0.6) is 0 Å². The van der Waals surface area contributed by atoms with Gasteiger partial charge in [-0.25, -0.2) is 0 Å². The number of hydrogen-bond donors (Lipinski definition) is 1. The lowest BCUT2D eigenvalue weighted by atomic mass is 10.1. The first-order chi connectivity index (χ1) is 16.4. The van der Waals surface area contributed by atoms with E-state index in [0.717, 1.165) is 15.6 Å². The minimum Gasteiger partial charge on any atom is -0.321 e. The normalized spacial score (nSPS) is 16.8. The smallest absolute Gasteiger partial charge is 0.269 e. The average Bonchev–Trinajstić information content (AvgIpc) is 3.12. The Balaban J connectivity index is 1.72. The monoisotopic (exact) mass is 551 g/mol. The largest absolute Gasteiger partial charge is 0.321 e. The molecule has 0 spiro atoms. The molecular formula is C26H19BrClN3O2S. The molecule has 0 bridgehead atoms. The molecule has 34 heavy (non-hydrogen) atoms. The summed E-state index contributed by atoms with van der Waals surface area (Å²) in [7, 11) is 0. The molecule has 0 unspecified atom stereocenters. The lowest BCUT2D eigenvalue weighted by molar-refractivity contribution is -0.117. The third-order valence-electron chi connectivity index (χ3n) is 5.21. The zero-order valence-corrected chi connectivity index (χ0v) is 21.2. The molecule has 2 amide bonds. The second-order valence-electron chi connectivity index (χ2n) is 7.70. The fourth-order valence-corrected chi connectivity index (χ4v) is 5.31. The number of rotatable bonds is 5. The van der Waals surface area contributed by atoms with Crippen LogP contribution in [-0.2, 0) is 16.0 Å². The van der Waals surface area contributed by atoms with Crippen LogP contribution in [0.3, 0.4) is 0 Å². The molecule has 1 N–H and O–H groups in total. The summed E-state index contributed by atoms with van der Waals surface area (Å²) in [5.41, 5.74) is 2.98. The number of hydrogen-bond acceptors (Lipinski definition) is 4. The highest BCUT2D eigenvalue weighted by Crippen LogP contribution is 2.42. The van der Waals surface area contributed by atoms with Crippen molar-refractivity contribution in [3.05, 3.63) is 104 Å². The van der Waals surface area contributed by atoms with E-state index in [9.17, 15) is 14.9 Å². The summed E-state index contributed by atoms with van der Waals surface area (Å²) >= 11 is 10.7. The van der Waals surface area contributed by atoms with E-state index in [0.29, 0.717) is 27.8 Å². The average molecular weight is 553 g/mol. The number of carbonyl (C=O) groups is 2. The maximum atomic E-state index is 13.5. The minimum absolute atomic E-state index is 0.115. The molecule has 1 saturated heterocycles. The Morgan fingerprint density at radius 3 is 2.50 bits per heavy atom. The predicted octanol–water partition coefficient (Wildman–Crippen LogP) is 6.48. The fourth-order valence-electron chi connectivity index (χ4n) is 3.52. The first kappa shape index (κ1) is 24.1. The van der Waals surface area contributed by atoms with Crippen LogP contribution in [0.25, 0.3) is 0 Å². The van der Waals surface area contributed by atoms with E-state index in [2.05, 4.69) is 21.2 Å². The highest BCUT2D eigenvalue weighted by atomic mass is 79.9. The lowest BCUT2D eigenvalue weighted by Gasteiger charge is -2.19. The molecule has 1 aliphatic rings. The molecule has 0 saturated carbocycles. The van der Waals surface area contributed by atoms with Crippen molar-refractivity contribution < 1.29 is 9.59 Å². The molecule has 3 aromatic carbocycles. The molecule has 4 rings (SSSR count). The molecule has 8 heteroatoms. The number of benzene rings is 3. The van der Waals surface area contributed by atoms with Crippen LogP contribution in [0.15, 0.2) is 87.9 Å². The van der Waals surface area contributed by atoms with Gasteiger partial charge >= 0.3 is 0 Å². The number of aryl methyl sites for hydroxylation is 1. The summed E-state index contributed by atoms with van der Waals surface area (Å²) < 4.78 is 0.871. The Morgan fingerprint density at radius 1 is 1.15 bits per heavy atom. The minimum atomic E-state index is -0.569. The second kappa shape index (κ2) is 10.5. The van der Waals surface area contributed by atoms with Crippen molar-refractivity contribution in [2.75, 3.05) is 10.2 Å². The lowest BCUT2D eigenvalue weighted by Crippen LogP contribution is -2.30. The molecule has 0 radical (unpaired) electrons. The van der Waals surface area contributed by atoms with Gasteiger partial charge in [0.15, 0.2) is 0 Å². The van der Waals surface area contributed by atoms with E-state index < -0.39 is 11.2 Å². The van der Waals surface area contributed by atoms with Crippen molar-refractivity contribution in [2.45, 2.75) is 18.6 Å². The number of nitrogens with one attached hydrogen (secondary N) is 1. The van der Waals surface area contributed by atoms with Crippen molar-refractivity contribution in [3.63, 3.8) is 0 Å². The van der Waals surface area contributed by atoms with E-state index in [1.54, 1.807) is 30.3 Å². The van der Waals surface area contributed by atoms with Crippen molar-refractivity contribution in [3.8, 4) is 6.07 Å². The number of carbonyl (C=O) groups excluding carboxylic acids is 2. The number of thioether (sulfide) groups is 1. The summed E-state index contributed by atoms with van der Waals surface area (Å²) in [5.74, 6) is -0.756. The van der Waals surface area contributed by atoms with E-state index in [1.165, 1.54) is 16.7 Å². The maximum absolute atomic E-state index is 13.5. The zero-order chi connectivity index (χ0) is 24.2. The molecule has 1 heterocycles. The molecule has 170 valence electrons. The molecular weight excluding hydrogens is 534 g/mol. The number of halogens is 2. The summed E-state index contributed by atoms with van der Waals surface area (Å²) in [6.07, 6.45) is 0.420. The summed E-state index contributed by atoms with van der Waals surface area (Å²) in [6, 6.07) is 23.8. The van der Waals surface area contributed by atoms with Crippen LogP contribution in [0.1, 0.15) is 11.1 Å². The van der Waals surface area contributed by atoms with Gasteiger partial charge in [0.05, 0.1) is 5.25 Å². The van der Waals surface area contributed by atoms with Crippen LogP contribution in [-0.4, -0.2) is 17.1 Å². The summed E-state index contributed by atoms with van der Waals surface area (Å²) in [6.45, 7) is 1.95. The Labute approximate surface area is 215 Å². The molecule has 1 atom stereocenters. The van der Waals surface area contributed by atoms with E-state index in [-0.39, 0.29) is 11.5 Å². The van der Waals surface area contributed by atoms with Crippen LogP contribution < -0.4 is 10.2 Å². The number of anilines is 2. The Hall–Kier alpha value is -3.05. The molecule has 1 fully saturated rings. The van der Waals surface area contributed by atoms with Gasteiger partial charge < -0.3 is 5.32 Å². The summed E-state index contributed by atoms with van der Waals surface area (Å²) in [4.78, 5) is 28.1. The molecule has 5 nitrogen and oxygen atoms in total. The van der Waals surface area contributed by atoms with Gasteiger partial charge in [-0.05, 0) is 67.4 Å². The topological polar surface area (TPSA) is 73.2 Å². The van der Waals surface area contributed by atoms with Crippen LogP contribution >= 0.6 is 39.3 Å². The zero-order valence-electron chi connectivity index (χ0n) is 18.1. The Bertz CT molecular complexity index is 1320. The van der Waals surface area contributed by atoms with Gasteiger partial charge in [-0.1, -0.05) is 69.1 Å². The number of nitriles is 1. The van der Waals surface area contributed by atoms with Crippen LogP contribution in [0, 0.1) is 18.3 Å². The third kappa shape index (κ3) is 5.36. The fraction of sp³-hybridized carbons (Fsp3) is 0.115. The predicted molar refractivity (Wildman–Crippen MR) is 141 cm³/mol. The Morgan fingerprint density at radius 2 is 1.85 bits per heavy atom. The van der Waals surface area contributed by atoms with E-state index in [1.807, 2.05) is 55.5 Å². The van der Waals surface area contributed by atoms with Crippen molar-refractivity contribution in [2.24, 2.45) is 0 Å². The highest BCUT2D eigenvalue weighted by molar-refractivity contribution is 9.10. The molecule has 3 aromatic rings. The highest BCUT2D eigenvalue weighted by Gasteiger charge is 2.40. The van der Waals surface area contributed by atoms with Gasteiger partial charge in [-0.3, -0.25) is 14.5 Å². The first-order valence-electron chi connectivity index (χ1n) is 10.4. The van der Waals surface area contributed by atoms with Crippen molar-refractivity contribution >= 4 is 62.5 Å². The number of nitrogens with zero attached hydrogens (tertiary/aromatic N) is 2. The quantitative estimate of drug-likeness (QED) is 0.291. The molecule has 1 aliphatic heterocycles. The first-order valence-corrected chi connectivity index (χ1v) is 12.4. The molecule has 0 aliphatic carbocycles. The molecule has 0 aromatic heterocycles. The van der Waals surface area contributed by atoms with E-state index in [4.69, 9.17) is 11.6 Å². The van der Waals surface area contributed by atoms with Gasteiger partial charge in [0.2, 0.25) is 5.91 Å². The number of amides is 2. The van der Waals surface area contributed by atoms with Crippen molar-refractivity contribution in [1.82, 2.24) is 0 Å². The van der Waals surface area contributed by atoms with Gasteiger partial charge in [0.1, 0.15) is 16.7 Å². The summed E-state index contributed by atoms with van der Waals surface area (Å²) in [5, 5.41) is 13.1. The van der Waals surface area contributed by atoms with Gasteiger partial charge in [-0.2, -0.15) is 5.26 Å². The van der Waals surface area contributed by atoms with E-state index >= 15 is 0 Å². The van der Waals surface area contributed by atoms with Gasteiger partial charge in [0, 0.05) is 20.9 Å². The SMILES string of the molecule is Cc1ccc(N2C(=O)[C@@H](Cc3cccc(Cl)c3)S/C2=C(/C#N)C(=O)Nc2ccc(Br)cc2)cc1. The van der Waals surface area contributed by atoms with Gasteiger partial charge in [-0.15, -0.1) is 0 Å². The maximum Gasteiger partial charge on any atom is 0.269 e. The van der Waals surface area contributed by atoms with Crippen molar-refractivity contribution in [1.29, 1.82) is 5.26 Å². The Kier molecular flexibility index (Phi) is 7.42. The van der Waals surface area contributed by atoms with Gasteiger partial charge in [0.25, 0.3) is 5.91 Å². The standard InChI is InChI=1S/C26H19BrClN3O2S/c1-16-5-11-21(12-6-16)31-25(33)23(14-17-3-2-4-19(28)13-17)34-26(31)22(15-29)24(32)30-20-9-7-18(27)8-10-20/h2-13,23H,14H2,1H3,(H,30,32)/b26-22-/t23-/m1/s1. The van der Waals surface area contributed by atoms with Crippen LogP contribution in [0.2, 0.25) is 5.02 Å². The second-order valence-corrected chi connectivity index (χ2v) is 10.2. The van der Waals surface area contributed by atoms with Crippen LogP contribution in [0.4, 0.5) is 11.4 Å².